The molecule has 2 nitrogen and oxygen atoms in total. The molecule has 0 saturated carbocycles. The van der Waals surface area contributed by atoms with Gasteiger partial charge in [0, 0.05) is 6.04 Å². The second kappa shape index (κ2) is 6.80. The molecule has 1 atom stereocenters. The van der Waals surface area contributed by atoms with Gasteiger partial charge in [0.2, 0.25) is 0 Å². The lowest BCUT2D eigenvalue weighted by Crippen LogP contribution is -2.21. The van der Waals surface area contributed by atoms with Gasteiger partial charge >= 0.3 is 0 Å². The summed E-state index contributed by atoms with van der Waals surface area (Å²) in [4.78, 5) is 4.03. The lowest BCUT2D eigenvalue weighted by atomic mass is 10.2. The minimum atomic E-state index is -0.284. The number of hydrogen-bond donors (Lipinski definition) is 1. The molecule has 15 heavy (non-hydrogen) atoms. The maximum absolute atomic E-state index is 12.6. The van der Waals surface area contributed by atoms with Crippen LogP contribution < -0.4 is 5.32 Å². The van der Waals surface area contributed by atoms with Crippen molar-refractivity contribution in [2.45, 2.75) is 19.4 Å². The third-order valence-corrected chi connectivity index (χ3v) is 2.87. The Balaban J connectivity index is 2.33. The Hall–Kier alpha value is -0.610. The second-order valence-corrected chi connectivity index (χ2v) is 4.41. The van der Waals surface area contributed by atoms with Crippen molar-refractivity contribution in [3.8, 4) is 0 Å². The Morgan fingerprint density at radius 3 is 2.93 bits per heavy atom. The van der Waals surface area contributed by atoms with Crippen LogP contribution in [0.15, 0.2) is 18.3 Å². The fourth-order valence-electron chi connectivity index (χ4n) is 1.28. The van der Waals surface area contributed by atoms with Crippen LogP contribution in [0.1, 0.15) is 25.1 Å². The van der Waals surface area contributed by atoms with Crippen LogP contribution in [0, 0.1) is 5.82 Å². The number of thioether (sulfide) groups is 1. The van der Waals surface area contributed by atoms with Crippen LogP contribution in [0.3, 0.4) is 0 Å². The van der Waals surface area contributed by atoms with Gasteiger partial charge in [0.1, 0.15) is 5.82 Å². The zero-order valence-corrected chi connectivity index (χ0v) is 9.98. The molecule has 84 valence electrons. The highest BCUT2D eigenvalue weighted by molar-refractivity contribution is 7.98. The van der Waals surface area contributed by atoms with Gasteiger partial charge in [-0.2, -0.15) is 11.8 Å². The summed E-state index contributed by atoms with van der Waals surface area (Å²) in [6.07, 6.45) is 4.51. The van der Waals surface area contributed by atoms with Crippen LogP contribution in [-0.2, 0) is 0 Å². The van der Waals surface area contributed by atoms with Crippen LogP contribution >= 0.6 is 11.8 Å². The molecule has 1 aromatic heterocycles. The van der Waals surface area contributed by atoms with Gasteiger partial charge < -0.3 is 5.32 Å². The smallest absolute Gasteiger partial charge is 0.141 e. The highest BCUT2D eigenvalue weighted by atomic mass is 32.2. The minimum absolute atomic E-state index is 0.187. The van der Waals surface area contributed by atoms with Crippen molar-refractivity contribution in [1.29, 1.82) is 0 Å². The number of nitrogens with zero attached hydrogens (tertiary/aromatic N) is 1. The molecule has 0 aromatic carbocycles. The van der Waals surface area contributed by atoms with Crippen molar-refractivity contribution in [1.82, 2.24) is 10.3 Å². The molecule has 1 unspecified atom stereocenters. The van der Waals surface area contributed by atoms with Crippen molar-refractivity contribution >= 4 is 11.8 Å². The fourth-order valence-corrected chi connectivity index (χ4v) is 1.72. The quantitative estimate of drug-likeness (QED) is 0.758. The van der Waals surface area contributed by atoms with Gasteiger partial charge in [-0.05, 0) is 44.0 Å². The van der Waals surface area contributed by atoms with Crippen LogP contribution in [0.25, 0.3) is 0 Å². The minimum Gasteiger partial charge on any atom is -0.309 e. The van der Waals surface area contributed by atoms with Crippen molar-refractivity contribution in [2.24, 2.45) is 0 Å². The van der Waals surface area contributed by atoms with E-state index in [9.17, 15) is 4.39 Å². The first-order valence-electron chi connectivity index (χ1n) is 5.08. The molecule has 1 N–H and O–H groups in total. The predicted octanol–water partition coefficient (Wildman–Crippen LogP) is 2.62. The van der Waals surface area contributed by atoms with Crippen LogP contribution in [0.5, 0.6) is 0 Å². The van der Waals surface area contributed by atoms with Gasteiger partial charge in [-0.25, -0.2) is 4.39 Å². The van der Waals surface area contributed by atoms with E-state index in [-0.39, 0.29) is 11.9 Å². The van der Waals surface area contributed by atoms with Crippen LogP contribution in [-0.4, -0.2) is 23.5 Å². The number of rotatable bonds is 6. The van der Waals surface area contributed by atoms with Crippen molar-refractivity contribution in [2.75, 3.05) is 18.6 Å². The molecular formula is C11H17FN2S. The highest BCUT2D eigenvalue weighted by Gasteiger charge is 2.05. The Kier molecular flexibility index (Phi) is 5.65. The van der Waals surface area contributed by atoms with Crippen molar-refractivity contribution in [3.63, 3.8) is 0 Å². The monoisotopic (exact) mass is 228 g/mol. The van der Waals surface area contributed by atoms with Gasteiger partial charge in [-0.15, -0.1) is 0 Å². The Labute approximate surface area is 94.7 Å². The average molecular weight is 228 g/mol. The van der Waals surface area contributed by atoms with E-state index in [0.717, 1.165) is 24.4 Å². The zero-order valence-electron chi connectivity index (χ0n) is 9.16. The summed E-state index contributed by atoms with van der Waals surface area (Å²) < 4.78 is 12.6. The molecule has 0 spiro atoms. The first kappa shape index (κ1) is 12.5. The van der Waals surface area contributed by atoms with Gasteiger partial charge in [0.15, 0.2) is 0 Å². The molecule has 0 aliphatic rings. The van der Waals surface area contributed by atoms with E-state index >= 15 is 0 Å². The lowest BCUT2D eigenvalue weighted by molar-refractivity contribution is 0.554. The number of nitrogens with one attached hydrogen (secondary N) is 1. The summed E-state index contributed by atoms with van der Waals surface area (Å²) in [6.45, 7) is 3.01. The molecule has 0 aliphatic carbocycles. The topological polar surface area (TPSA) is 24.9 Å². The van der Waals surface area contributed by atoms with Gasteiger partial charge in [0.05, 0.1) is 11.9 Å². The highest BCUT2D eigenvalue weighted by Crippen LogP contribution is 2.09. The molecule has 0 fully saturated rings. The molecular weight excluding hydrogens is 211 g/mol. The third-order valence-electron chi connectivity index (χ3n) is 2.17. The molecule has 1 aromatic rings. The summed E-state index contributed by atoms with van der Waals surface area (Å²) in [6, 6.07) is 3.36. The largest absolute Gasteiger partial charge is 0.309 e. The maximum atomic E-state index is 12.6. The van der Waals surface area contributed by atoms with E-state index in [4.69, 9.17) is 0 Å². The number of pyridine rings is 1. The maximum Gasteiger partial charge on any atom is 0.141 e. The summed E-state index contributed by atoms with van der Waals surface area (Å²) in [5.74, 6) is 0.879. The number of halogens is 1. The van der Waals surface area contributed by atoms with Crippen molar-refractivity contribution in [3.05, 3.63) is 29.8 Å². The number of aromatic nitrogens is 1. The standard InChI is InChI=1S/C11H17FN2S/c1-9(13-6-3-7-15-2)11-5-4-10(12)8-14-11/h4-5,8-9,13H,3,6-7H2,1-2H3. The lowest BCUT2D eigenvalue weighted by Gasteiger charge is -2.12. The SMILES string of the molecule is CSCCCNC(C)c1ccc(F)cn1. The predicted molar refractivity (Wildman–Crippen MR) is 63.6 cm³/mol. The molecule has 0 aliphatic heterocycles. The van der Waals surface area contributed by atoms with Gasteiger partial charge in [-0.3, -0.25) is 4.98 Å². The third kappa shape index (κ3) is 4.62. The second-order valence-electron chi connectivity index (χ2n) is 3.42. The molecule has 0 amide bonds. The summed E-state index contributed by atoms with van der Waals surface area (Å²) >= 11 is 1.85. The van der Waals surface area contributed by atoms with E-state index in [1.165, 1.54) is 12.3 Å². The van der Waals surface area contributed by atoms with Gasteiger partial charge in [0.25, 0.3) is 0 Å². The van der Waals surface area contributed by atoms with Crippen molar-refractivity contribution < 1.29 is 4.39 Å². The molecule has 0 bridgehead atoms. The van der Waals surface area contributed by atoms with E-state index < -0.39 is 0 Å². The molecule has 0 radical (unpaired) electrons. The average Bonchev–Trinajstić information content (AvgIpc) is 2.25. The van der Waals surface area contributed by atoms with Gasteiger partial charge in [-0.1, -0.05) is 0 Å². The Bertz CT molecular complexity index is 276. The molecule has 4 heteroatoms. The summed E-state index contributed by atoms with van der Waals surface area (Å²) in [5.41, 5.74) is 0.889. The molecule has 0 saturated heterocycles. The first-order valence-corrected chi connectivity index (χ1v) is 6.47. The fraction of sp³-hybridized carbons (Fsp3) is 0.545. The Morgan fingerprint density at radius 1 is 1.53 bits per heavy atom. The van der Waals surface area contributed by atoms with Crippen LogP contribution in [0.4, 0.5) is 4.39 Å². The van der Waals surface area contributed by atoms with E-state index in [2.05, 4.69) is 16.6 Å². The van der Waals surface area contributed by atoms with E-state index in [1.807, 2.05) is 18.7 Å². The number of hydrogen-bond acceptors (Lipinski definition) is 3. The zero-order chi connectivity index (χ0) is 11.1. The Morgan fingerprint density at radius 2 is 2.33 bits per heavy atom. The first-order chi connectivity index (χ1) is 7.24. The normalized spacial score (nSPS) is 12.7. The molecule has 1 heterocycles. The summed E-state index contributed by atoms with van der Waals surface area (Å²) in [7, 11) is 0. The van der Waals surface area contributed by atoms with Crippen LogP contribution in [0.2, 0.25) is 0 Å². The summed E-state index contributed by atoms with van der Waals surface area (Å²) in [5, 5.41) is 3.35. The molecule has 1 rings (SSSR count). The van der Waals surface area contributed by atoms with E-state index in [0.29, 0.717) is 0 Å². The van der Waals surface area contributed by atoms with E-state index in [1.54, 1.807) is 6.07 Å².